The Bertz CT molecular complexity index is 1070. The zero-order valence-electron chi connectivity index (χ0n) is 18.5. The smallest absolute Gasteiger partial charge is 0.248 e. The van der Waals surface area contributed by atoms with E-state index in [9.17, 15) is 13.2 Å². The van der Waals surface area contributed by atoms with Gasteiger partial charge in [-0.2, -0.15) is 4.31 Å². The van der Waals surface area contributed by atoms with E-state index in [1.165, 1.54) is 43.8 Å². The molecule has 1 amide bonds. The Morgan fingerprint density at radius 2 is 1.56 bits per heavy atom. The molecule has 0 aliphatic carbocycles. The first-order valence-corrected chi connectivity index (χ1v) is 11.7. The average molecular weight is 461 g/mol. The number of carbonyl (C=O) groups excluding carboxylic acids is 1. The van der Waals surface area contributed by atoms with Gasteiger partial charge in [0.1, 0.15) is 0 Å². The lowest BCUT2D eigenvalue weighted by molar-refractivity contribution is -0.111. The van der Waals surface area contributed by atoms with Crippen molar-refractivity contribution < 1.29 is 27.4 Å². The van der Waals surface area contributed by atoms with Crippen LogP contribution in [0.3, 0.4) is 0 Å². The summed E-state index contributed by atoms with van der Waals surface area (Å²) in [4.78, 5) is 12.6. The summed E-state index contributed by atoms with van der Waals surface area (Å²) in [6, 6.07) is 9.67. The maximum absolute atomic E-state index is 12.7. The molecule has 1 heterocycles. The molecule has 1 N–H and O–H groups in total. The quantitative estimate of drug-likeness (QED) is 0.606. The molecule has 0 unspecified atom stereocenters. The highest BCUT2D eigenvalue weighted by atomic mass is 32.2. The van der Waals surface area contributed by atoms with Crippen LogP contribution in [0.4, 0.5) is 5.69 Å². The Hall–Kier alpha value is -3.04. The van der Waals surface area contributed by atoms with Gasteiger partial charge in [-0.25, -0.2) is 8.42 Å². The first kappa shape index (κ1) is 23.6. The van der Waals surface area contributed by atoms with Gasteiger partial charge in [-0.05, 0) is 55.3 Å². The zero-order valence-corrected chi connectivity index (χ0v) is 19.3. The molecular formula is C23H28N2O6S. The molecule has 0 atom stereocenters. The topological polar surface area (TPSA) is 94.2 Å². The van der Waals surface area contributed by atoms with Crippen LogP contribution in [0.25, 0.3) is 6.08 Å². The summed E-state index contributed by atoms with van der Waals surface area (Å²) >= 11 is 0. The highest BCUT2D eigenvalue weighted by molar-refractivity contribution is 7.89. The number of ether oxygens (including phenoxy) is 3. The number of sulfonamides is 1. The zero-order chi connectivity index (χ0) is 23.1. The summed E-state index contributed by atoms with van der Waals surface area (Å²) in [6.07, 6.45) is 5.78. The number of amides is 1. The Morgan fingerprint density at radius 1 is 0.906 bits per heavy atom. The van der Waals surface area contributed by atoms with Crippen LogP contribution in [0.1, 0.15) is 24.8 Å². The summed E-state index contributed by atoms with van der Waals surface area (Å²) in [5.74, 6) is 1.03. The Morgan fingerprint density at radius 3 is 2.16 bits per heavy atom. The number of hydrogen-bond donors (Lipinski definition) is 1. The number of piperidine rings is 1. The number of nitrogens with one attached hydrogen (secondary N) is 1. The highest BCUT2D eigenvalue weighted by Gasteiger charge is 2.25. The van der Waals surface area contributed by atoms with Gasteiger partial charge in [0.25, 0.3) is 0 Å². The maximum atomic E-state index is 12.7. The van der Waals surface area contributed by atoms with Crippen LogP contribution in [-0.2, 0) is 14.8 Å². The Balaban J connectivity index is 1.70. The van der Waals surface area contributed by atoms with Crippen molar-refractivity contribution in [3.63, 3.8) is 0 Å². The molecule has 0 bridgehead atoms. The fourth-order valence-corrected chi connectivity index (χ4v) is 5.09. The fourth-order valence-electron chi connectivity index (χ4n) is 3.57. The summed E-state index contributed by atoms with van der Waals surface area (Å²) in [7, 11) is 1.05. The van der Waals surface area contributed by atoms with E-state index in [0.717, 1.165) is 19.3 Å². The van der Waals surface area contributed by atoms with Crippen molar-refractivity contribution in [2.75, 3.05) is 39.7 Å². The van der Waals surface area contributed by atoms with Gasteiger partial charge in [-0.3, -0.25) is 4.79 Å². The van der Waals surface area contributed by atoms with Gasteiger partial charge >= 0.3 is 0 Å². The average Bonchev–Trinajstić information content (AvgIpc) is 2.82. The lowest BCUT2D eigenvalue weighted by Crippen LogP contribution is -2.35. The van der Waals surface area contributed by atoms with Gasteiger partial charge in [0, 0.05) is 30.4 Å². The monoisotopic (exact) mass is 460 g/mol. The first-order valence-electron chi connectivity index (χ1n) is 10.3. The molecule has 1 aliphatic heterocycles. The van der Waals surface area contributed by atoms with E-state index in [0.29, 0.717) is 41.6 Å². The van der Waals surface area contributed by atoms with Crippen LogP contribution in [-0.4, -0.2) is 53.0 Å². The van der Waals surface area contributed by atoms with Crippen LogP contribution in [0.2, 0.25) is 0 Å². The predicted molar refractivity (Wildman–Crippen MR) is 123 cm³/mol. The minimum Gasteiger partial charge on any atom is -0.493 e. The van der Waals surface area contributed by atoms with Crippen molar-refractivity contribution in [3.05, 3.63) is 48.0 Å². The molecule has 172 valence electrons. The van der Waals surface area contributed by atoms with Crippen LogP contribution < -0.4 is 19.5 Å². The fraction of sp³-hybridized carbons (Fsp3) is 0.348. The van der Waals surface area contributed by atoms with Crippen molar-refractivity contribution in [1.29, 1.82) is 0 Å². The van der Waals surface area contributed by atoms with E-state index in [1.54, 1.807) is 30.3 Å². The molecule has 2 aromatic carbocycles. The number of carbonyl (C=O) groups is 1. The number of benzene rings is 2. The number of anilines is 1. The molecule has 8 nitrogen and oxygen atoms in total. The molecule has 3 rings (SSSR count). The molecule has 0 spiro atoms. The number of nitrogens with zero attached hydrogens (tertiary/aromatic N) is 1. The largest absolute Gasteiger partial charge is 0.493 e. The summed E-state index contributed by atoms with van der Waals surface area (Å²) in [6.45, 7) is 1.09. The lowest BCUT2D eigenvalue weighted by atomic mass is 10.1. The number of methoxy groups -OCH3 is 3. The van der Waals surface area contributed by atoms with Crippen molar-refractivity contribution in [2.24, 2.45) is 0 Å². The molecule has 0 radical (unpaired) electrons. The summed E-state index contributed by atoms with van der Waals surface area (Å²) < 4.78 is 43.0. The van der Waals surface area contributed by atoms with Crippen molar-refractivity contribution >= 4 is 27.7 Å². The maximum Gasteiger partial charge on any atom is 0.248 e. The minimum absolute atomic E-state index is 0.225. The molecular weight excluding hydrogens is 432 g/mol. The van der Waals surface area contributed by atoms with Gasteiger partial charge in [0.2, 0.25) is 21.7 Å². The van der Waals surface area contributed by atoms with E-state index >= 15 is 0 Å². The van der Waals surface area contributed by atoms with Gasteiger partial charge in [-0.15, -0.1) is 0 Å². The van der Waals surface area contributed by atoms with Crippen LogP contribution >= 0.6 is 0 Å². The second kappa shape index (κ2) is 10.5. The van der Waals surface area contributed by atoms with Crippen LogP contribution in [0.5, 0.6) is 17.2 Å². The van der Waals surface area contributed by atoms with E-state index in [-0.39, 0.29) is 10.8 Å². The first-order chi connectivity index (χ1) is 15.4. The van der Waals surface area contributed by atoms with Crippen LogP contribution in [0, 0.1) is 0 Å². The van der Waals surface area contributed by atoms with E-state index in [4.69, 9.17) is 14.2 Å². The molecule has 9 heteroatoms. The molecule has 2 aromatic rings. The molecule has 32 heavy (non-hydrogen) atoms. The Labute approximate surface area is 188 Å². The van der Waals surface area contributed by atoms with Crippen molar-refractivity contribution in [1.82, 2.24) is 4.31 Å². The van der Waals surface area contributed by atoms with Crippen molar-refractivity contribution in [3.8, 4) is 17.2 Å². The normalized spacial score (nSPS) is 14.8. The standard InChI is InChI=1S/C23H28N2O6S/c1-29-20-13-7-17(22(30-2)23(20)31-3)8-14-21(26)24-18-9-11-19(12-10-18)32(27,28)25-15-5-4-6-16-25/h7-14H,4-6,15-16H2,1-3H3,(H,24,26). The van der Waals surface area contributed by atoms with Crippen molar-refractivity contribution in [2.45, 2.75) is 24.2 Å². The third-order valence-corrected chi connectivity index (χ3v) is 7.14. The Kier molecular flexibility index (Phi) is 7.76. The third-order valence-electron chi connectivity index (χ3n) is 5.22. The molecule has 1 fully saturated rings. The highest BCUT2D eigenvalue weighted by Crippen LogP contribution is 2.40. The van der Waals surface area contributed by atoms with E-state index in [1.807, 2.05) is 0 Å². The minimum atomic E-state index is -3.50. The number of rotatable bonds is 8. The lowest BCUT2D eigenvalue weighted by Gasteiger charge is -2.25. The summed E-state index contributed by atoms with van der Waals surface area (Å²) in [5, 5.41) is 2.73. The molecule has 0 saturated carbocycles. The second-order valence-corrected chi connectivity index (χ2v) is 9.17. The van der Waals surface area contributed by atoms with Gasteiger partial charge in [0.15, 0.2) is 11.5 Å². The summed E-state index contributed by atoms with van der Waals surface area (Å²) in [5.41, 5.74) is 1.14. The predicted octanol–water partition coefficient (Wildman–Crippen LogP) is 3.54. The molecule has 1 aliphatic rings. The number of hydrogen-bond acceptors (Lipinski definition) is 6. The molecule has 1 saturated heterocycles. The third kappa shape index (κ3) is 5.23. The van der Waals surface area contributed by atoms with Gasteiger partial charge in [-0.1, -0.05) is 6.42 Å². The SMILES string of the molecule is COc1ccc(C=CC(=O)Nc2ccc(S(=O)(=O)N3CCCCC3)cc2)c(OC)c1OC. The van der Waals surface area contributed by atoms with Gasteiger partial charge in [0.05, 0.1) is 26.2 Å². The van der Waals surface area contributed by atoms with Gasteiger partial charge < -0.3 is 19.5 Å². The second-order valence-electron chi connectivity index (χ2n) is 7.24. The molecule has 0 aromatic heterocycles. The van der Waals surface area contributed by atoms with E-state index < -0.39 is 10.0 Å². The van der Waals surface area contributed by atoms with Crippen LogP contribution in [0.15, 0.2) is 47.4 Å². The van der Waals surface area contributed by atoms with E-state index in [2.05, 4.69) is 5.32 Å².